The normalized spacial score (nSPS) is 9.85. The van der Waals surface area contributed by atoms with Gasteiger partial charge >= 0.3 is 6.03 Å². The molecule has 2 aromatic rings. The molecule has 0 aliphatic rings. The van der Waals surface area contributed by atoms with E-state index in [0.29, 0.717) is 17.9 Å². The number of benzene rings is 1. The fourth-order valence-electron chi connectivity index (χ4n) is 1.71. The number of urea groups is 1. The van der Waals surface area contributed by atoms with E-state index in [1.807, 2.05) is 6.92 Å². The number of nitrogens with one attached hydrogen (secondary N) is 1. The van der Waals surface area contributed by atoms with Crippen molar-refractivity contribution in [1.82, 2.24) is 10.1 Å². The predicted octanol–water partition coefficient (Wildman–Crippen LogP) is 2.63. The first-order chi connectivity index (χ1) is 9.58. The van der Waals surface area contributed by atoms with Gasteiger partial charge in [-0.25, -0.2) is 4.79 Å². The monoisotopic (exact) mass is 269 g/mol. The lowest BCUT2D eigenvalue weighted by Crippen LogP contribution is -2.30. The van der Waals surface area contributed by atoms with Gasteiger partial charge in [-0.15, -0.1) is 6.42 Å². The molecule has 0 saturated heterocycles. The maximum atomic E-state index is 12.0. The molecular formula is C15H15N3O2. The van der Waals surface area contributed by atoms with Crippen molar-refractivity contribution in [2.75, 3.05) is 12.4 Å². The van der Waals surface area contributed by atoms with Crippen LogP contribution in [0.3, 0.4) is 0 Å². The second kappa shape index (κ2) is 5.93. The smallest absolute Gasteiger partial charge is 0.321 e. The van der Waals surface area contributed by atoms with E-state index in [1.54, 1.807) is 37.4 Å². The van der Waals surface area contributed by atoms with E-state index in [1.165, 1.54) is 4.90 Å². The highest BCUT2D eigenvalue weighted by molar-refractivity contribution is 5.89. The Hall–Kier alpha value is -2.74. The Morgan fingerprint density at radius 2 is 2.30 bits per heavy atom. The van der Waals surface area contributed by atoms with Gasteiger partial charge in [0.1, 0.15) is 11.5 Å². The Balaban J connectivity index is 1.98. The SMILES string of the molecule is C#Cc1cccc(NC(=O)N(C)Cc2cc(C)on2)c1. The average molecular weight is 269 g/mol. The molecule has 0 bridgehead atoms. The predicted molar refractivity (Wildman–Crippen MR) is 76.1 cm³/mol. The summed E-state index contributed by atoms with van der Waals surface area (Å²) in [6.45, 7) is 2.18. The number of hydrogen-bond acceptors (Lipinski definition) is 3. The van der Waals surface area contributed by atoms with Gasteiger partial charge in [-0.05, 0) is 25.1 Å². The Bertz CT molecular complexity index is 655. The Morgan fingerprint density at radius 3 is 2.95 bits per heavy atom. The lowest BCUT2D eigenvalue weighted by atomic mass is 10.2. The van der Waals surface area contributed by atoms with Crippen LogP contribution >= 0.6 is 0 Å². The highest BCUT2D eigenvalue weighted by atomic mass is 16.5. The molecule has 0 aliphatic carbocycles. The fraction of sp³-hybridized carbons (Fsp3) is 0.200. The molecular weight excluding hydrogens is 254 g/mol. The molecule has 0 radical (unpaired) electrons. The molecule has 0 atom stereocenters. The van der Waals surface area contributed by atoms with Gasteiger partial charge in [-0.2, -0.15) is 0 Å². The summed E-state index contributed by atoms with van der Waals surface area (Å²) in [7, 11) is 1.68. The summed E-state index contributed by atoms with van der Waals surface area (Å²) >= 11 is 0. The van der Waals surface area contributed by atoms with Crippen LogP contribution in [0.4, 0.5) is 10.5 Å². The molecule has 5 heteroatoms. The van der Waals surface area contributed by atoms with Crippen LogP contribution in [0.2, 0.25) is 0 Å². The molecule has 0 unspecified atom stereocenters. The van der Waals surface area contributed by atoms with Gasteiger partial charge in [0.15, 0.2) is 0 Å². The molecule has 102 valence electrons. The second-order valence-electron chi connectivity index (χ2n) is 4.44. The fourth-order valence-corrected chi connectivity index (χ4v) is 1.71. The van der Waals surface area contributed by atoms with E-state index >= 15 is 0 Å². The molecule has 0 spiro atoms. The zero-order valence-corrected chi connectivity index (χ0v) is 11.4. The van der Waals surface area contributed by atoms with Crippen molar-refractivity contribution < 1.29 is 9.32 Å². The zero-order valence-electron chi connectivity index (χ0n) is 11.4. The summed E-state index contributed by atoms with van der Waals surface area (Å²) < 4.78 is 4.96. The van der Waals surface area contributed by atoms with Crippen LogP contribution < -0.4 is 5.32 Å². The van der Waals surface area contributed by atoms with Crippen molar-refractivity contribution in [3.8, 4) is 12.3 Å². The molecule has 0 saturated carbocycles. The average Bonchev–Trinajstić information content (AvgIpc) is 2.84. The van der Waals surface area contributed by atoms with E-state index in [-0.39, 0.29) is 6.03 Å². The number of aromatic nitrogens is 1. The van der Waals surface area contributed by atoms with Crippen molar-refractivity contribution in [3.63, 3.8) is 0 Å². The number of carbonyl (C=O) groups is 1. The van der Waals surface area contributed by atoms with Crippen molar-refractivity contribution in [3.05, 3.63) is 47.3 Å². The summed E-state index contributed by atoms with van der Waals surface area (Å²) in [4.78, 5) is 13.5. The third-order valence-corrected chi connectivity index (χ3v) is 2.70. The molecule has 1 aromatic carbocycles. The van der Waals surface area contributed by atoms with Gasteiger partial charge in [0.05, 0.1) is 6.54 Å². The number of nitrogens with zero attached hydrogens (tertiary/aromatic N) is 2. The maximum Gasteiger partial charge on any atom is 0.321 e. The highest BCUT2D eigenvalue weighted by Crippen LogP contribution is 2.11. The van der Waals surface area contributed by atoms with Crippen molar-refractivity contribution in [2.45, 2.75) is 13.5 Å². The third-order valence-electron chi connectivity index (χ3n) is 2.70. The molecule has 2 amide bonds. The van der Waals surface area contributed by atoms with Crippen LogP contribution in [0.5, 0.6) is 0 Å². The molecule has 0 fully saturated rings. The molecule has 0 aliphatic heterocycles. The van der Waals surface area contributed by atoms with Crippen molar-refractivity contribution >= 4 is 11.7 Å². The molecule has 20 heavy (non-hydrogen) atoms. The first-order valence-corrected chi connectivity index (χ1v) is 6.09. The minimum absolute atomic E-state index is 0.236. The second-order valence-corrected chi connectivity index (χ2v) is 4.44. The topological polar surface area (TPSA) is 58.4 Å². The van der Waals surface area contributed by atoms with Crippen LogP contribution in [-0.4, -0.2) is 23.1 Å². The Kier molecular flexibility index (Phi) is 4.06. The van der Waals surface area contributed by atoms with Gasteiger partial charge in [0.2, 0.25) is 0 Å². The number of aryl methyl sites for hydroxylation is 1. The van der Waals surface area contributed by atoms with Gasteiger partial charge in [-0.3, -0.25) is 0 Å². The van der Waals surface area contributed by atoms with Crippen LogP contribution in [0.1, 0.15) is 17.0 Å². The summed E-state index contributed by atoms with van der Waals surface area (Å²) in [6.07, 6.45) is 5.32. The molecule has 1 heterocycles. The summed E-state index contributed by atoms with van der Waals surface area (Å²) in [5, 5.41) is 6.63. The Morgan fingerprint density at radius 1 is 1.50 bits per heavy atom. The number of anilines is 1. The Labute approximate surface area is 117 Å². The summed E-state index contributed by atoms with van der Waals surface area (Å²) in [5.41, 5.74) is 2.09. The van der Waals surface area contributed by atoms with Crippen molar-refractivity contribution in [1.29, 1.82) is 0 Å². The maximum absolute atomic E-state index is 12.0. The molecule has 1 aromatic heterocycles. The van der Waals surface area contributed by atoms with E-state index in [4.69, 9.17) is 10.9 Å². The van der Waals surface area contributed by atoms with Crippen LogP contribution in [0.25, 0.3) is 0 Å². The first-order valence-electron chi connectivity index (χ1n) is 6.09. The third kappa shape index (κ3) is 3.39. The standard InChI is InChI=1S/C15H15N3O2/c1-4-12-6-5-7-13(9-12)16-15(19)18(3)10-14-8-11(2)20-17-14/h1,5-9H,10H2,2-3H3,(H,16,19). The summed E-state index contributed by atoms with van der Waals surface area (Å²) in [5.74, 6) is 3.24. The first kappa shape index (κ1) is 13.7. The van der Waals surface area contributed by atoms with Gasteiger partial charge < -0.3 is 14.7 Å². The van der Waals surface area contributed by atoms with Crippen molar-refractivity contribution in [2.24, 2.45) is 0 Å². The number of terminal acetylenes is 1. The number of hydrogen-bond donors (Lipinski definition) is 1. The lowest BCUT2D eigenvalue weighted by Gasteiger charge is -2.16. The number of carbonyl (C=O) groups excluding carboxylic acids is 1. The zero-order chi connectivity index (χ0) is 14.5. The van der Waals surface area contributed by atoms with E-state index < -0.39 is 0 Å². The lowest BCUT2D eigenvalue weighted by molar-refractivity contribution is 0.219. The van der Waals surface area contributed by atoms with Crippen LogP contribution in [0.15, 0.2) is 34.9 Å². The van der Waals surface area contributed by atoms with Gasteiger partial charge in [0, 0.05) is 24.4 Å². The molecule has 1 N–H and O–H groups in total. The van der Waals surface area contributed by atoms with Crippen LogP contribution in [0, 0.1) is 19.3 Å². The quantitative estimate of drug-likeness (QED) is 0.871. The van der Waals surface area contributed by atoms with E-state index in [2.05, 4.69) is 16.4 Å². The van der Waals surface area contributed by atoms with E-state index in [0.717, 1.165) is 11.3 Å². The molecule has 2 rings (SSSR count). The minimum atomic E-state index is -0.236. The highest BCUT2D eigenvalue weighted by Gasteiger charge is 2.11. The van der Waals surface area contributed by atoms with Gasteiger partial charge in [-0.1, -0.05) is 17.1 Å². The number of rotatable bonds is 3. The minimum Gasteiger partial charge on any atom is -0.361 e. The number of amides is 2. The molecule has 5 nitrogen and oxygen atoms in total. The largest absolute Gasteiger partial charge is 0.361 e. The van der Waals surface area contributed by atoms with E-state index in [9.17, 15) is 4.79 Å². The van der Waals surface area contributed by atoms with Crippen LogP contribution in [-0.2, 0) is 6.54 Å². The van der Waals surface area contributed by atoms with Gasteiger partial charge in [0.25, 0.3) is 0 Å². The summed E-state index contributed by atoms with van der Waals surface area (Å²) in [6, 6.07) is 8.69.